The van der Waals surface area contributed by atoms with Crippen molar-refractivity contribution in [1.82, 2.24) is 0 Å². The van der Waals surface area contributed by atoms with E-state index < -0.39 is 18.0 Å². The van der Waals surface area contributed by atoms with Crippen molar-refractivity contribution in [3.8, 4) is 5.75 Å². The zero-order valence-electron chi connectivity index (χ0n) is 11.1. The third kappa shape index (κ3) is 5.42. The lowest BCUT2D eigenvalue weighted by molar-refractivity contribution is -0.158. The van der Waals surface area contributed by atoms with Crippen LogP contribution in [0, 0.1) is 0 Å². The van der Waals surface area contributed by atoms with Gasteiger partial charge in [0, 0.05) is 0 Å². The Morgan fingerprint density at radius 2 is 1.68 bits per heavy atom. The maximum atomic E-state index is 11.7. The van der Waals surface area contributed by atoms with Gasteiger partial charge in [0.1, 0.15) is 5.75 Å². The molecule has 1 aromatic carbocycles. The fourth-order valence-electron chi connectivity index (χ4n) is 1.44. The molecule has 0 N–H and O–H groups in total. The molecule has 0 aromatic heterocycles. The minimum atomic E-state index is -0.985. The smallest absolute Gasteiger partial charge is 0.347 e. The van der Waals surface area contributed by atoms with Gasteiger partial charge in [0.15, 0.2) is 0 Å². The van der Waals surface area contributed by atoms with Crippen LogP contribution in [-0.4, -0.2) is 31.3 Å². The summed E-state index contributed by atoms with van der Waals surface area (Å²) in [6, 6.07) is 8.80. The molecule has 1 aromatic rings. The summed E-state index contributed by atoms with van der Waals surface area (Å²) in [6.07, 6.45) is -1.15. The highest BCUT2D eigenvalue weighted by atomic mass is 16.6. The Balaban J connectivity index is 2.69. The number of hydrogen-bond acceptors (Lipinski definition) is 5. The van der Waals surface area contributed by atoms with Gasteiger partial charge in [0.05, 0.1) is 19.6 Å². The fraction of sp³-hybridized carbons (Fsp3) is 0.429. The Kier molecular flexibility index (Phi) is 6.43. The molecule has 0 fully saturated rings. The molecule has 104 valence electrons. The second-order valence-electron chi connectivity index (χ2n) is 3.68. The third-order valence-corrected chi connectivity index (χ3v) is 2.23. The van der Waals surface area contributed by atoms with Crippen molar-refractivity contribution in [3.63, 3.8) is 0 Å². The van der Waals surface area contributed by atoms with Crippen molar-refractivity contribution in [2.75, 3.05) is 13.2 Å². The minimum absolute atomic E-state index is 0.165. The standard InChI is InChI=1S/C14H18O5/c1-3-17-13(15)10-12(14(16)18-4-2)19-11-8-6-5-7-9-11/h5-9,12H,3-4,10H2,1-2H3. The van der Waals surface area contributed by atoms with Crippen molar-refractivity contribution in [1.29, 1.82) is 0 Å². The Bertz CT molecular complexity index is 402. The number of para-hydroxylation sites is 1. The molecule has 0 saturated carbocycles. The van der Waals surface area contributed by atoms with E-state index in [4.69, 9.17) is 14.2 Å². The molecule has 5 nitrogen and oxygen atoms in total. The highest BCUT2D eigenvalue weighted by molar-refractivity contribution is 5.82. The van der Waals surface area contributed by atoms with E-state index in [0.29, 0.717) is 5.75 Å². The largest absolute Gasteiger partial charge is 0.478 e. The van der Waals surface area contributed by atoms with Gasteiger partial charge < -0.3 is 14.2 Å². The van der Waals surface area contributed by atoms with Crippen LogP contribution in [0.3, 0.4) is 0 Å². The van der Waals surface area contributed by atoms with Crippen LogP contribution in [0.2, 0.25) is 0 Å². The highest BCUT2D eigenvalue weighted by Crippen LogP contribution is 2.14. The van der Waals surface area contributed by atoms with E-state index in [1.54, 1.807) is 38.1 Å². The lowest BCUT2D eigenvalue weighted by Gasteiger charge is -2.16. The summed E-state index contributed by atoms with van der Waals surface area (Å²) < 4.78 is 15.2. The summed E-state index contributed by atoms with van der Waals surface area (Å²) in [5, 5.41) is 0. The molecular formula is C14H18O5. The normalized spacial score (nSPS) is 11.5. The first kappa shape index (κ1) is 15.0. The summed E-state index contributed by atoms with van der Waals surface area (Å²) in [4.78, 5) is 23.2. The minimum Gasteiger partial charge on any atom is -0.478 e. The Labute approximate surface area is 112 Å². The quantitative estimate of drug-likeness (QED) is 0.706. The molecule has 1 unspecified atom stereocenters. The molecule has 19 heavy (non-hydrogen) atoms. The van der Waals surface area contributed by atoms with Crippen LogP contribution in [0.15, 0.2) is 30.3 Å². The van der Waals surface area contributed by atoms with E-state index in [0.717, 1.165) is 0 Å². The molecule has 0 aliphatic rings. The highest BCUT2D eigenvalue weighted by Gasteiger charge is 2.25. The Morgan fingerprint density at radius 3 is 2.26 bits per heavy atom. The average molecular weight is 266 g/mol. The van der Waals surface area contributed by atoms with Crippen molar-refractivity contribution in [2.24, 2.45) is 0 Å². The fourth-order valence-corrected chi connectivity index (χ4v) is 1.44. The predicted molar refractivity (Wildman–Crippen MR) is 68.7 cm³/mol. The first-order valence-electron chi connectivity index (χ1n) is 6.21. The molecule has 0 bridgehead atoms. The second-order valence-corrected chi connectivity index (χ2v) is 3.68. The summed E-state index contributed by atoms with van der Waals surface area (Å²) in [7, 11) is 0. The van der Waals surface area contributed by atoms with Crippen molar-refractivity contribution in [3.05, 3.63) is 30.3 Å². The van der Waals surface area contributed by atoms with E-state index in [9.17, 15) is 9.59 Å². The monoisotopic (exact) mass is 266 g/mol. The lowest BCUT2D eigenvalue weighted by Crippen LogP contribution is -2.32. The van der Waals surface area contributed by atoms with Gasteiger partial charge in [0.25, 0.3) is 0 Å². The van der Waals surface area contributed by atoms with Crippen molar-refractivity contribution >= 4 is 11.9 Å². The molecule has 1 rings (SSSR count). The average Bonchev–Trinajstić information content (AvgIpc) is 2.40. The van der Waals surface area contributed by atoms with Crippen LogP contribution in [-0.2, 0) is 19.1 Å². The molecule has 0 amide bonds. The van der Waals surface area contributed by atoms with Gasteiger partial charge in [-0.05, 0) is 26.0 Å². The van der Waals surface area contributed by atoms with E-state index in [1.807, 2.05) is 6.07 Å². The third-order valence-electron chi connectivity index (χ3n) is 2.23. The number of esters is 2. The molecule has 0 aliphatic carbocycles. The van der Waals surface area contributed by atoms with E-state index >= 15 is 0 Å². The maximum absolute atomic E-state index is 11.7. The SMILES string of the molecule is CCOC(=O)CC(Oc1ccccc1)C(=O)OCC. The van der Waals surface area contributed by atoms with Crippen LogP contribution in [0.5, 0.6) is 5.75 Å². The number of hydrogen-bond donors (Lipinski definition) is 0. The first-order chi connectivity index (χ1) is 9.17. The molecule has 0 spiro atoms. The summed E-state index contributed by atoms with van der Waals surface area (Å²) >= 11 is 0. The number of benzene rings is 1. The first-order valence-corrected chi connectivity index (χ1v) is 6.21. The summed E-state index contributed by atoms with van der Waals surface area (Å²) in [5.41, 5.74) is 0. The maximum Gasteiger partial charge on any atom is 0.347 e. The molecule has 0 heterocycles. The van der Waals surface area contributed by atoms with Gasteiger partial charge in [-0.25, -0.2) is 4.79 Å². The molecular weight excluding hydrogens is 248 g/mol. The second kappa shape index (κ2) is 8.13. The summed E-state index contributed by atoms with van der Waals surface area (Å²) in [6.45, 7) is 3.90. The van der Waals surface area contributed by atoms with E-state index in [2.05, 4.69) is 0 Å². The number of rotatable bonds is 7. The topological polar surface area (TPSA) is 61.8 Å². The van der Waals surface area contributed by atoms with Gasteiger partial charge in [-0.15, -0.1) is 0 Å². The zero-order valence-corrected chi connectivity index (χ0v) is 11.1. The summed E-state index contributed by atoms with van der Waals surface area (Å²) in [5.74, 6) is -0.555. The van der Waals surface area contributed by atoms with Crippen molar-refractivity contribution in [2.45, 2.75) is 26.4 Å². The lowest BCUT2D eigenvalue weighted by atomic mass is 10.2. The van der Waals surface area contributed by atoms with Crippen LogP contribution < -0.4 is 4.74 Å². The Morgan fingerprint density at radius 1 is 1.05 bits per heavy atom. The van der Waals surface area contributed by atoms with Gasteiger partial charge in [-0.1, -0.05) is 18.2 Å². The number of carbonyl (C=O) groups is 2. The molecule has 0 radical (unpaired) electrons. The van der Waals surface area contributed by atoms with E-state index in [-0.39, 0.29) is 19.6 Å². The number of ether oxygens (including phenoxy) is 3. The van der Waals surface area contributed by atoms with Crippen LogP contribution in [0.4, 0.5) is 0 Å². The number of carbonyl (C=O) groups excluding carboxylic acids is 2. The van der Waals surface area contributed by atoms with Crippen molar-refractivity contribution < 1.29 is 23.8 Å². The zero-order chi connectivity index (χ0) is 14.1. The Hall–Kier alpha value is -2.04. The molecule has 0 saturated heterocycles. The molecule has 1 atom stereocenters. The van der Waals surface area contributed by atoms with Crippen LogP contribution >= 0.6 is 0 Å². The molecule has 5 heteroatoms. The van der Waals surface area contributed by atoms with Gasteiger partial charge in [0.2, 0.25) is 6.10 Å². The van der Waals surface area contributed by atoms with Crippen LogP contribution in [0.1, 0.15) is 20.3 Å². The van der Waals surface area contributed by atoms with Gasteiger partial charge in [-0.3, -0.25) is 4.79 Å². The van der Waals surface area contributed by atoms with E-state index in [1.165, 1.54) is 0 Å². The van der Waals surface area contributed by atoms with Crippen LogP contribution in [0.25, 0.3) is 0 Å². The molecule has 0 aliphatic heterocycles. The van der Waals surface area contributed by atoms with Gasteiger partial charge in [-0.2, -0.15) is 0 Å². The van der Waals surface area contributed by atoms with Gasteiger partial charge >= 0.3 is 11.9 Å². The predicted octanol–water partition coefficient (Wildman–Crippen LogP) is 1.95.